The average molecular weight is 239 g/mol. The fraction of sp³-hybridized carbons (Fsp3) is 0.667. The van der Waals surface area contributed by atoms with Crippen molar-refractivity contribution in [1.29, 1.82) is 0 Å². The van der Waals surface area contributed by atoms with Gasteiger partial charge in [-0.3, -0.25) is 0 Å². The molecule has 90 valence electrons. The maximum absolute atomic E-state index is 4.36. The Kier molecular flexibility index (Phi) is 6.42. The monoisotopic (exact) mass is 239 g/mol. The van der Waals surface area contributed by atoms with Gasteiger partial charge in [-0.2, -0.15) is 0 Å². The maximum Gasteiger partial charge on any atom is 0.187 e. The minimum atomic E-state index is 0.587. The lowest BCUT2D eigenvalue weighted by Crippen LogP contribution is -2.14. The molecule has 1 atom stereocenters. The molecule has 1 aromatic heterocycles. The predicted octanol–water partition coefficient (Wildman–Crippen LogP) is 2.87. The summed E-state index contributed by atoms with van der Waals surface area (Å²) in [6.45, 7) is 8.45. The van der Waals surface area contributed by atoms with Gasteiger partial charge in [0.25, 0.3) is 0 Å². The van der Waals surface area contributed by atoms with Crippen LogP contribution in [0.5, 0.6) is 0 Å². The van der Waals surface area contributed by atoms with E-state index in [1.165, 1.54) is 0 Å². The van der Waals surface area contributed by atoms with Crippen LogP contribution in [0.25, 0.3) is 0 Å². The van der Waals surface area contributed by atoms with E-state index in [9.17, 15) is 0 Å². The molecule has 16 heavy (non-hydrogen) atoms. The molecule has 0 saturated carbocycles. The number of hydrogen-bond donors (Lipinski definition) is 1. The van der Waals surface area contributed by atoms with E-state index in [2.05, 4.69) is 36.1 Å². The Bertz CT molecular complexity index is 287. The fourth-order valence-corrected chi connectivity index (χ4v) is 1.92. The largest absolute Gasteiger partial charge is 0.313 e. The van der Waals surface area contributed by atoms with Crippen LogP contribution < -0.4 is 5.32 Å². The molecule has 1 rings (SSSR count). The molecule has 0 spiro atoms. The lowest BCUT2D eigenvalue weighted by Gasteiger charge is -2.07. The van der Waals surface area contributed by atoms with Crippen molar-refractivity contribution in [3.8, 4) is 0 Å². The second-order valence-corrected chi connectivity index (χ2v) is 5.29. The first-order valence-corrected chi connectivity index (χ1v) is 6.82. The summed E-state index contributed by atoms with van der Waals surface area (Å²) in [4.78, 5) is 8.71. The maximum atomic E-state index is 4.36. The molecule has 1 N–H and O–H groups in total. The van der Waals surface area contributed by atoms with Crippen molar-refractivity contribution in [3.63, 3.8) is 0 Å². The van der Waals surface area contributed by atoms with Gasteiger partial charge in [-0.15, -0.1) is 0 Å². The van der Waals surface area contributed by atoms with Gasteiger partial charge in [0.1, 0.15) is 0 Å². The van der Waals surface area contributed by atoms with Crippen LogP contribution in [0.15, 0.2) is 17.6 Å². The van der Waals surface area contributed by atoms with Crippen LogP contribution in [0.2, 0.25) is 0 Å². The standard InChI is InChI=1S/C12H21N3S/c1-4-6-13-7-11-8-14-12(15-9-11)16-10(3)5-2/h8-10,13H,4-7H2,1-3H3. The second-order valence-electron chi connectivity index (χ2n) is 3.89. The van der Waals surface area contributed by atoms with E-state index in [-0.39, 0.29) is 0 Å². The molecule has 3 nitrogen and oxygen atoms in total. The van der Waals surface area contributed by atoms with Crippen molar-refractivity contribution in [2.24, 2.45) is 0 Å². The lowest BCUT2D eigenvalue weighted by molar-refractivity contribution is 0.669. The summed E-state index contributed by atoms with van der Waals surface area (Å²) in [6, 6.07) is 0. The van der Waals surface area contributed by atoms with Gasteiger partial charge in [0.2, 0.25) is 0 Å². The molecular formula is C12H21N3S. The summed E-state index contributed by atoms with van der Waals surface area (Å²) in [6.07, 6.45) is 6.14. The number of rotatable bonds is 7. The van der Waals surface area contributed by atoms with E-state index in [1.807, 2.05) is 12.4 Å². The molecule has 1 unspecified atom stereocenters. The van der Waals surface area contributed by atoms with E-state index in [0.29, 0.717) is 5.25 Å². The Morgan fingerprint density at radius 3 is 2.56 bits per heavy atom. The Hall–Kier alpha value is -0.610. The fourth-order valence-electron chi connectivity index (χ4n) is 1.17. The molecule has 1 aromatic rings. The molecule has 4 heteroatoms. The number of nitrogens with one attached hydrogen (secondary N) is 1. The molecule has 0 radical (unpaired) electrons. The summed E-state index contributed by atoms with van der Waals surface area (Å²) >= 11 is 1.74. The molecule has 0 bridgehead atoms. The Morgan fingerprint density at radius 1 is 1.31 bits per heavy atom. The minimum Gasteiger partial charge on any atom is -0.313 e. The normalized spacial score (nSPS) is 12.7. The van der Waals surface area contributed by atoms with Crippen LogP contribution in [0.4, 0.5) is 0 Å². The van der Waals surface area contributed by atoms with Crippen molar-refractivity contribution in [1.82, 2.24) is 15.3 Å². The van der Waals surface area contributed by atoms with Crippen LogP contribution in [-0.2, 0) is 6.54 Å². The average Bonchev–Trinajstić information content (AvgIpc) is 2.31. The van der Waals surface area contributed by atoms with Crippen molar-refractivity contribution in [2.75, 3.05) is 6.54 Å². The third-order valence-corrected chi connectivity index (χ3v) is 3.48. The van der Waals surface area contributed by atoms with E-state index in [4.69, 9.17) is 0 Å². The molecule has 0 aliphatic rings. The van der Waals surface area contributed by atoms with Gasteiger partial charge in [-0.1, -0.05) is 32.5 Å². The molecule has 1 heterocycles. The zero-order valence-corrected chi connectivity index (χ0v) is 11.2. The van der Waals surface area contributed by atoms with E-state index in [0.717, 1.165) is 36.7 Å². The SMILES string of the molecule is CCCNCc1cnc(SC(C)CC)nc1. The van der Waals surface area contributed by atoms with Gasteiger partial charge in [-0.25, -0.2) is 9.97 Å². The first-order chi connectivity index (χ1) is 7.76. The summed E-state index contributed by atoms with van der Waals surface area (Å²) in [7, 11) is 0. The smallest absolute Gasteiger partial charge is 0.187 e. The number of aromatic nitrogens is 2. The third kappa shape index (κ3) is 4.94. The van der Waals surface area contributed by atoms with Gasteiger partial charge >= 0.3 is 0 Å². The van der Waals surface area contributed by atoms with Crippen LogP contribution >= 0.6 is 11.8 Å². The minimum absolute atomic E-state index is 0.587. The quantitative estimate of drug-likeness (QED) is 0.451. The van der Waals surface area contributed by atoms with Crippen LogP contribution in [0.1, 0.15) is 39.2 Å². The molecular weight excluding hydrogens is 218 g/mol. The molecule has 0 amide bonds. The van der Waals surface area contributed by atoms with Gasteiger partial charge in [0.15, 0.2) is 5.16 Å². The van der Waals surface area contributed by atoms with Crippen molar-refractivity contribution >= 4 is 11.8 Å². The summed E-state index contributed by atoms with van der Waals surface area (Å²) in [5.74, 6) is 0. The van der Waals surface area contributed by atoms with E-state index >= 15 is 0 Å². The van der Waals surface area contributed by atoms with Crippen molar-refractivity contribution < 1.29 is 0 Å². The Balaban J connectivity index is 2.41. The Morgan fingerprint density at radius 2 is 2.00 bits per heavy atom. The zero-order valence-electron chi connectivity index (χ0n) is 10.4. The highest BCUT2D eigenvalue weighted by atomic mass is 32.2. The highest BCUT2D eigenvalue weighted by Gasteiger charge is 2.04. The summed E-state index contributed by atoms with van der Waals surface area (Å²) < 4.78 is 0. The van der Waals surface area contributed by atoms with Gasteiger partial charge in [0.05, 0.1) is 0 Å². The van der Waals surface area contributed by atoms with E-state index < -0.39 is 0 Å². The first kappa shape index (κ1) is 13.5. The van der Waals surface area contributed by atoms with Gasteiger partial charge < -0.3 is 5.32 Å². The predicted molar refractivity (Wildman–Crippen MR) is 69.6 cm³/mol. The topological polar surface area (TPSA) is 37.8 Å². The number of nitrogens with zero attached hydrogens (tertiary/aromatic N) is 2. The van der Waals surface area contributed by atoms with Gasteiger partial charge in [0, 0.05) is 29.8 Å². The molecule has 0 saturated heterocycles. The zero-order chi connectivity index (χ0) is 11.8. The highest BCUT2D eigenvalue weighted by Crippen LogP contribution is 2.20. The lowest BCUT2D eigenvalue weighted by atomic mass is 10.3. The van der Waals surface area contributed by atoms with Crippen molar-refractivity contribution in [3.05, 3.63) is 18.0 Å². The highest BCUT2D eigenvalue weighted by molar-refractivity contribution is 7.99. The first-order valence-electron chi connectivity index (χ1n) is 5.94. The Labute approximate surface area is 102 Å². The number of thioether (sulfide) groups is 1. The third-order valence-electron chi connectivity index (χ3n) is 2.32. The molecule has 0 fully saturated rings. The van der Waals surface area contributed by atoms with Gasteiger partial charge in [-0.05, 0) is 19.4 Å². The molecule has 0 aliphatic heterocycles. The van der Waals surface area contributed by atoms with Crippen LogP contribution in [-0.4, -0.2) is 21.8 Å². The van der Waals surface area contributed by atoms with Crippen molar-refractivity contribution in [2.45, 2.75) is 50.6 Å². The molecule has 0 aliphatic carbocycles. The summed E-state index contributed by atoms with van der Waals surface area (Å²) in [5, 5.41) is 4.81. The number of hydrogen-bond acceptors (Lipinski definition) is 4. The van der Waals surface area contributed by atoms with Crippen LogP contribution in [0.3, 0.4) is 0 Å². The summed E-state index contributed by atoms with van der Waals surface area (Å²) in [5.41, 5.74) is 1.15. The van der Waals surface area contributed by atoms with E-state index in [1.54, 1.807) is 11.8 Å². The van der Waals surface area contributed by atoms with Crippen LogP contribution in [0, 0.1) is 0 Å². The molecule has 0 aromatic carbocycles. The second kappa shape index (κ2) is 7.63.